The van der Waals surface area contributed by atoms with Crippen LogP contribution >= 0.6 is 11.6 Å². The van der Waals surface area contributed by atoms with E-state index in [2.05, 4.69) is 5.32 Å². The van der Waals surface area contributed by atoms with E-state index < -0.39 is 34.1 Å². The fourth-order valence-corrected chi connectivity index (χ4v) is 1.79. The van der Waals surface area contributed by atoms with E-state index in [-0.39, 0.29) is 18.9 Å². The highest BCUT2D eigenvalue weighted by atomic mass is 35.5. The number of halogens is 3. The summed E-state index contributed by atoms with van der Waals surface area (Å²) in [5.74, 6) is -3.87. The molecule has 0 aromatic heterocycles. The van der Waals surface area contributed by atoms with Gasteiger partial charge in [-0.1, -0.05) is 24.9 Å². The van der Waals surface area contributed by atoms with E-state index in [0.29, 0.717) is 12.5 Å². The fraction of sp³-hybridized carbons (Fsp3) is 0.385. The summed E-state index contributed by atoms with van der Waals surface area (Å²) in [6.07, 6.45) is 0.443. The number of benzene rings is 1. The van der Waals surface area contributed by atoms with Gasteiger partial charge in [0.2, 0.25) is 0 Å². The summed E-state index contributed by atoms with van der Waals surface area (Å²) in [7, 11) is 0. The van der Waals surface area contributed by atoms with Crippen molar-refractivity contribution in [3.63, 3.8) is 0 Å². The summed E-state index contributed by atoms with van der Waals surface area (Å²) in [5, 5.41) is 10.7. The third-order valence-corrected chi connectivity index (χ3v) is 3.14. The van der Waals surface area contributed by atoms with Crippen molar-refractivity contribution < 1.29 is 23.5 Å². The Kier molecular flexibility index (Phi) is 5.88. The molecule has 0 aliphatic rings. The normalized spacial score (nSPS) is 12.0. The average molecular weight is 306 g/mol. The lowest BCUT2D eigenvalue weighted by Crippen LogP contribution is -2.30. The molecular formula is C13H14ClF2NO3. The number of hydrogen-bond donors (Lipinski definition) is 2. The van der Waals surface area contributed by atoms with Crippen LogP contribution in [0.1, 0.15) is 30.1 Å². The van der Waals surface area contributed by atoms with Crippen molar-refractivity contribution in [3.8, 4) is 0 Å². The first kappa shape index (κ1) is 16.4. The summed E-state index contributed by atoms with van der Waals surface area (Å²) < 4.78 is 26.7. The number of hydrogen-bond acceptors (Lipinski definition) is 2. The lowest BCUT2D eigenvalue weighted by Gasteiger charge is -2.13. The van der Waals surface area contributed by atoms with Crippen LogP contribution in [-0.4, -0.2) is 23.5 Å². The van der Waals surface area contributed by atoms with Crippen molar-refractivity contribution >= 4 is 23.5 Å². The van der Waals surface area contributed by atoms with Gasteiger partial charge in [0.05, 0.1) is 10.6 Å². The second kappa shape index (κ2) is 7.19. The Morgan fingerprint density at radius 2 is 2.00 bits per heavy atom. The Labute approximate surface area is 119 Å². The molecule has 0 heterocycles. The van der Waals surface area contributed by atoms with Crippen LogP contribution in [0.2, 0.25) is 5.02 Å². The Balaban J connectivity index is 2.72. The van der Waals surface area contributed by atoms with Gasteiger partial charge >= 0.3 is 5.97 Å². The number of aliphatic carboxylic acids is 1. The molecule has 1 aromatic carbocycles. The van der Waals surface area contributed by atoms with E-state index in [1.54, 1.807) is 6.92 Å². The van der Waals surface area contributed by atoms with Gasteiger partial charge in [-0.15, -0.1) is 0 Å². The lowest BCUT2D eigenvalue weighted by atomic mass is 10.0. The van der Waals surface area contributed by atoms with Crippen molar-refractivity contribution in [3.05, 3.63) is 34.4 Å². The van der Waals surface area contributed by atoms with Crippen molar-refractivity contribution in [2.45, 2.75) is 19.8 Å². The molecule has 20 heavy (non-hydrogen) atoms. The molecule has 0 aliphatic carbocycles. The van der Waals surface area contributed by atoms with E-state index in [4.69, 9.17) is 16.7 Å². The largest absolute Gasteiger partial charge is 0.481 e. The maximum atomic E-state index is 13.5. The van der Waals surface area contributed by atoms with E-state index in [1.165, 1.54) is 0 Å². The zero-order valence-corrected chi connectivity index (χ0v) is 11.5. The van der Waals surface area contributed by atoms with E-state index >= 15 is 0 Å². The fourth-order valence-electron chi connectivity index (χ4n) is 1.64. The van der Waals surface area contributed by atoms with Crippen LogP contribution in [0.25, 0.3) is 0 Å². The van der Waals surface area contributed by atoms with Gasteiger partial charge in [-0.05, 0) is 18.1 Å². The van der Waals surface area contributed by atoms with Crippen LogP contribution in [-0.2, 0) is 4.79 Å². The van der Waals surface area contributed by atoms with Gasteiger partial charge in [0.25, 0.3) is 5.91 Å². The minimum atomic E-state index is -0.977. The minimum absolute atomic E-state index is 0.0747. The van der Waals surface area contributed by atoms with E-state index in [9.17, 15) is 18.4 Å². The highest BCUT2D eigenvalue weighted by Gasteiger charge is 2.17. The molecule has 0 saturated heterocycles. The Bertz CT molecular complexity index is 523. The molecule has 0 spiro atoms. The number of rotatable bonds is 6. The van der Waals surface area contributed by atoms with E-state index in [1.807, 2.05) is 0 Å². The molecule has 0 saturated carbocycles. The summed E-state index contributed by atoms with van der Waals surface area (Å²) >= 11 is 5.39. The first-order valence-corrected chi connectivity index (χ1v) is 6.37. The van der Waals surface area contributed by atoms with Crippen LogP contribution in [0.4, 0.5) is 8.78 Å². The second-order valence-corrected chi connectivity index (χ2v) is 4.74. The first-order valence-electron chi connectivity index (χ1n) is 5.99. The molecular weight excluding hydrogens is 292 g/mol. The van der Waals surface area contributed by atoms with Gasteiger partial charge in [-0.25, -0.2) is 8.78 Å². The zero-order valence-electron chi connectivity index (χ0n) is 10.8. The molecule has 0 bridgehead atoms. The monoisotopic (exact) mass is 305 g/mol. The molecule has 110 valence electrons. The van der Waals surface area contributed by atoms with Gasteiger partial charge in [-0.2, -0.15) is 0 Å². The van der Waals surface area contributed by atoms with Crippen LogP contribution in [0, 0.1) is 17.6 Å². The van der Waals surface area contributed by atoms with Crippen LogP contribution < -0.4 is 5.32 Å². The van der Waals surface area contributed by atoms with Gasteiger partial charge in [0, 0.05) is 13.0 Å². The van der Waals surface area contributed by atoms with Crippen LogP contribution in [0.3, 0.4) is 0 Å². The number of carbonyl (C=O) groups is 2. The Morgan fingerprint density at radius 1 is 1.35 bits per heavy atom. The molecule has 1 rings (SSSR count). The highest BCUT2D eigenvalue weighted by molar-refractivity contribution is 6.30. The lowest BCUT2D eigenvalue weighted by molar-refractivity contribution is -0.138. The van der Waals surface area contributed by atoms with Crippen LogP contribution in [0.5, 0.6) is 0 Å². The van der Waals surface area contributed by atoms with E-state index in [0.717, 1.165) is 6.07 Å². The molecule has 2 N–H and O–H groups in total. The number of carboxylic acids is 1. The maximum Gasteiger partial charge on any atom is 0.303 e. The molecule has 1 amide bonds. The second-order valence-electron chi connectivity index (χ2n) is 4.33. The first-order chi connectivity index (χ1) is 9.35. The maximum absolute atomic E-state index is 13.5. The number of nitrogens with one attached hydrogen (secondary N) is 1. The predicted octanol–water partition coefficient (Wildman–Crippen LogP) is 2.85. The SMILES string of the molecule is CCC(CNC(=O)c1cc(F)c(Cl)cc1F)CC(=O)O. The van der Waals surface area contributed by atoms with Gasteiger partial charge in [0.15, 0.2) is 0 Å². The standard InChI is InChI=1S/C13H14ClF2NO3/c1-2-7(3-12(18)19)6-17-13(20)8-4-11(16)9(14)5-10(8)15/h4-5,7H,2-3,6H2,1H3,(H,17,20)(H,18,19). The minimum Gasteiger partial charge on any atom is -0.481 e. The van der Waals surface area contributed by atoms with Crippen molar-refractivity contribution in [1.29, 1.82) is 0 Å². The molecule has 0 radical (unpaired) electrons. The van der Waals surface area contributed by atoms with Gasteiger partial charge < -0.3 is 10.4 Å². The third kappa shape index (κ3) is 4.45. The molecule has 4 nitrogen and oxygen atoms in total. The number of carbonyl (C=O) groups excluding carboxylic acids is 1. The Morgan fingerprint density at radius 3 is 2.55 bits per heavy atom. The molecule has 0 fully saturated rings. The molecule has 1 atom stereocenters. The summed E-state index contributed by atoms with van der Waals surface area (Å²) in [6, 6.07) is 1.44. The summed E-state index contributed by atoms with van der Waals surface area (Å²) in [5.41, 5.74) is -0.461. The highest BCUT2D eigenvalue weighted by Crippen LogP contribution is 2.19. The summed E-state index contributed by atoms with van der Waals surface area (Å²) in [6.45, 7) is 1.85. The zero-order chi connectivity index (χ0) is 15.3. The molecule has 7 heteroatoms. The summed E-state index contributed by atoms with van der Waals surface area (Å²) in [4.78, 5) is 22.3. The smallest absolute Gasteiger partial charge is 0.303 e. The quantitative estimate of drug-likeness (QED) is 0.794. The predicted molar refractivity (Wildman–Crippen MR) is 69.7 cm³/mol. The van der Waals surface area contributed by atoms with Crippen molar-refractivity contribution in [2.75, 3.05) is 6.54 Å². The van der Waals surface area contributed by atoms with Gasteiger partial charge in [-0.3, -0.25) is 9.59 Å². The number of amides is 1. The number of carboxylic acid groups (broad SMARTS) is 1. The topological polar surface area (TPSA) is 66.4 Å². The van der Waals surface area contributed by atoms with Crippen molar-refractivity contribution in [2.24, 2.45) is 5.92 Å². The average Bonchev–Trinajstić information content (AvgIpc) is 2.37. The molecule has 0 aliphatic heterocycles. The Hall–Kier alpha value is -1.69. The van der Waals surface area contributed by atoms with Crippen LogP contribution in [0.15, 0.2) is 12.1 Å². The van der Waals surface area contributed by atoms with Crippen molar-refractivity contribution in [1.82, 2.24) is 5.32 Å². The molecule has 1 unspecified atom stereocenters. The van der Waals surface area contributed by atoms with Gasteiger partial charge in [0.1, 0.15) is 11.6 Å². The third-order valence-electron chi connectivity index (χ3n) is 2.85. The molecule has 1 aromatic rings.